The van der Waals surface area contributed by atoms with E-state index >= 15 is 0 Å². The van der Waals surface area contributed by atoms with E-state index in [0.29, 0.717) is 18.7 Å². The van der Waals surface area contributed by atoms with E-state index in [2.05, 4.69) is 23.1 Å². The molecule has 1 N–H and O–H groups in total. The number of fused-ring (bicyclic) bond motifs is 1. The Bertz CT molecular complexity index is 1050. The van der Waals surface area contributed by atoms with E-state index in [1.54, 1.807) is 10.4 Å². The van der Waals surface area contributed by atoms with Gasteiger partial charge in [0.05, 0.1) is 24.5 Å². The molecule has 7 heteroatoms. The van der Waals surface area contributed by atoms with E-state index in [-0.39, 0.29) is 24.6 Å². The zero-order valence-corrected chi connectivity index (χ0v) is 17.9. The third-order valence-electron chi connectivity index (χ3n) is 6.42. The average molecular weight is 426 g/mol. The van der Waals surface area contributed by atoms with Crippen molar-refractivity contribution < 1.29 is 13.5 Å². The predicted octanol–water partition coefficient (Wildman–Crippen LogP) is 2.41. The highest BCUT2D eigenvalue weighted by molar-refractivity contribution is 7.88. The highest BCUT2D eigenvalue weighted by Crippen LogP contribution is 2.42. The minimum atomic E-state index is -3.25. The van der Waals surface area contributed by atoms with Gasteiger partial charge >= 0.3 is 0 Å². The molecule has 3 atom stereocenters. The van der Waals surface area contributed by atoms with Crippen molar-refractivity contribution in [1.82, 2.24) is 9.21 Å². The molecule has 30 heavy (non-hydrogen) atoms. The van der Waals surface area contributed by atoms with Crippen molar-refractivity contribution in [2.75, 3.05) is 32.5 Å². The van der Waals surface area contributed by atoms with Gasteiger partial charge in [0, 0.05) is 31.1 Å². The van der Waals surface area contributed by atoms with Crippen molar-refractivity contribution in [1.29, 1.82) is 5.26 Å². The molecule has 6 nitrogen and oxygen atoms in total. The first kappa shape index (κ1) is 21.0. The maximum absolute atomic E-state index is 12.2. The Kier molecular flexibility index (Phi) is 5.94. The first-order valence-electron chi connectivity index (χ1n) is 10.3. The van der Waals surface area contributed by atoms with Crippen LogP contribution in [-0.4, -0.2) is 67.3 Å². The fourth-order valence-corrected chi connectivity index (χ4v) is 5.76. The second kappa shape index (κ2) is 8.48. The van der Waals surface area contributed by atoms with E-state index in [1.807, 2.05) is 30.3 Å². The smallest absolute Gasteiger partial charge is 0.211 e. The summed E-state index contributed by atoms with van der Waals surface area (Å²) >= 11 is 0. The Morgan fingerprint density at radius 3 is 2.50 bits per heavy atom. The fraction of sp³-hybridized carbons (Fsp3) is 0.435. The number of nitriles is 1. The van der Waals surface area contributed by atoms with Crippen molar-refractivity contribution in [3.05, 3.63) is 59.7 Å². The van der Waals surface area contributed by atoms with E-state index in [9.17, 15) is 13.5 Å². The number of hydrogen-bond acceptors (Lipinski definition) is 5. The molecule has 2 aromatic carbocycles. The predicted molar refractivity (Wildman–Crippen MR) is 116 cm³/mol. The molecule has 2 aromatic rings. The van der Waals surface area contributed by atoms with Gasteiger partial charge in [-0.25, -0.2) is 12.7 Å². The summed E-state index contributed by atoms with van der Waals surface area (Å²) < 4.78 is 26.0. The molecular weight excluding hydrogens is 398 g/mol. The summed E-state index contributed by atoms with van der Waals surface area (Å²) in [6.07, 6.45) is 3.05. The molecular formula is C23H27N3O3S. The Labute approximate surface area is 178 Å². The lowest BCUT2D eigenvalue weighted by molar-refractivity contribution is -0.0553. The van der Waals surface area contributed by atoms with Crippen LogP contribution in [0.15, 0.2) is 48.5 Å². The molecule has 0 amide bonds. The number of benzene rings is 2. The number of nitrogens with zero attached hydrogens (tertiary/aromatic N) is 3. The Hall–Kier alpha value is -2.24. The third-order valence-corrected chi connectivity index (χ3v) is 7.69. The third kappa shape index (κ3) is 4.01. The summed E-state index contributed by atoms with van der Waals surface area (Å²) in [5.41, 5.74) is 3.76. The molecule has 0 unspecified atom stereocenters. The summed E-state index contributed by atoms with van der Waals surface area (Å²) in [6.45, 7) is 1.98. The van der Waals surface area contributed by atoms with Crippen LogP contribution >= 0.6 is 0 Å². The zero-order chi connectivity index (χ0) is 21.3. The summed E-state index contributed by atoms with van der Waals surface area (Å²) in [5, 5.41) is 19.2. The Morgan fingerprint density at radius 1 is 1.10 bits per heavy atom. The molecule has 2 saturated heterocycles. The van der Waals surface area contributed by atoms with Crippen LogP contribution in [0.4, 0.5) is 0 Å². The number of sulfonamides is 1. The lowest BCUT2D eigenvalue weighted by Gasteiger charge is -2.57. The Balaban J connectivity index is 1.60. The summed E-state index contributed by atoms with van der Waals surface area (Å²) in [5.74, 6) is 0.0943. The van der Waals surface area contributed by atoms with Crippen LogP contribution in [-0.2, 0) is 10.0 Å². The van der Waals surface area contributed by atoms with Crippen LogP contribution in [0.3, 0.4) is 0 Å². The molecule has 2 heterocycles. The second-order valence-corrected chi connectivity index (χ2v) is 10.2. The summed E-state index contributed by atoms with van der Waals surface area (Å²) in [7, 11) is -3.25. The molecule has 0 spiro atoms. The molecule has 158 valence electrons. The highest BCUT2D eigenvalue weighted by Gasteiger charge is 2.49. The quantitative estimate of drug-likeness (QED) is 0.813. The van der Waals surface area contributed by atoms with Crippen LogP contribution in [0.25, 0.3) is 11.1 Å². The van der Waals surface area contributed by atoms with Crippen LogP contribution in [0.5, 0.6) is 0 Å². The number of rotatable bonds is 4. The second-order valence-electron chi connectivity index (χ2n) is 8.22. The standard InChI is InChI=1S/C23H27N3O3S/c1-30(28,29)25-11-2-3-12-26-21(15-25)23(22(26)16-27)19-9-7-18(8-10-19)20-6-4-5-17(13-20)14-24/h4-10,13,21-23,27H,2-3,11-12,15-16H2,1H3/t21-,22+,23+/m1/s1. The van der Waals surface area contributed by atoms with Crippen molar-refractivity contribution in [2.24, 2.45) is 0 Å². The van der Waals surface area contributed by atoms with Gasteiger partial charge in [-0.3, -0.25) is 4.90 Å². The average Bonchev–Trinajstić information content (AvgIpc) is 2.72. The Morgan fingerprint density at radius 2 is 1.83 bits per heavy atom. The van der Waals surface area contributed by atoms with E-state index < -0.39 is 10.0 Å². The summed E-state index contributed by atoms with van der Waals surface area (Å²) in [6, 6.07) is 18.0. The first-order valence-corrected chi connectivity index (χ1v) is 12.2. The van der Waals surface area contributed by atoms with Crippen LogP contribution in [0.1, 0.15) is 29.9 Å². The van der Waals surface area contributed by atoms with Gasteiger partial charge in [0.15, 0.2) is 0 Å². The van der Waals surface area contributed by atoms with E-state index in [0.717, 1.165) is 36.1 Å². The SMILES string of the molecule is CS(=O)(=O)N1CCCCN2[C@H](C1)[C@H](c1ccc(-c3cccc(C#N)c3)cc1)[C@@H]2CO. The first-order chi connectivity index (χ1) is 14.4. The highest BCUT2D eigenvalue weighted by atomic mass is 32.2. The van der Waals surface area contributed by atoms with Crippen LogP contribution < -0.4 is 0 Å². The molecule has 2 aliphatic heterocycles. The minimum absolute atomic E-state index is 0.0160. The van der Waals surface area contributed by atoms with Gasteiger partial charge < -0.3 is 5.11 Å². The van der Waals surface area contributed by atoms with Gasteiger partial charge in [0.25, 0.3) is 0 Å². The van der Waals surface area contributed by atoms with Gasteiger partial charge in [-0.1, -0.05) is 36.4 Å². The molecule has 2 fully saturated rings. The molecule has 4 rings (SSSR count). The van der Waals surface area contributed by atoms with E-state index in [1.165, 1.54) is 6.26 Å². The zero-order valence-electron chi connectivity index (χ0n) is 17.1. The van der Waals surface area contributed by atoms with Crippen molar-refractivity contribution in [3.8, 4) is 17.2 Å². The fourth-order valence-electron chi connectivity index (χ4n) is 4.88. The van der Waals surface area contributed by atoms with Crippen LogP contribution in [0.2, 0.25) is 0 Å². The van der Waals surface area contributed by atoms with Gasteiger partial charge in [-0.05, 0) is 48.2 Å². The number of aliphatic hydroxyl groups is 1. The molecule has 2 aliphatic rings. The minimum Gasteiger partial charge on any atom is -0.395 e. The van der Waals surface area contributed by atoms with E-state index in [4.69, 9.17) is 5.26 Å². The molecule has 0 saturated carbocycles. The molecule has 0 aromatic heterocycles. The summed E-state index contributed by atoms with van der Waals surface area (Å²) in [4.78, 5) is 2.27. The molecule has 0 bridgehead atoms. The van der Waals surface area contributed by atoms with Gasteiger partial charge in [0.1, 0.15) is 0 Å². The topological polar surface area (TPSA) is 84.6 Å². The normalized spacial score (nSPS) is 25.4. The van der Waals surface area contributed by atoms with Crippen LogP contribution in [0, 0.1) is 11.3 Å². The number of hydrogen-bond donors (Lipinski definition) is 1. The molecule has 0 aliphatic carbocycles. The maximum Gasteiger partial charge on any atom is 0.211 e. The van der Waals surface area contributed by atoms with Gasteiger partial charge in [-0.2, -0.15) is 5.26 Å². The lowest BCUT2D eigenvalue weighted by Crippen LogP contribution is -2.67. The van der Waals surface area contributed by atoms with Gasteiger partial charge in [0.2, 0.25) is 10.0 Å². The maximum atomic E-state index is 12.2. The van der Waals surface area contributed by atoms with Crippen molar-refractivity contribution in [3.63, 3.8) is 0 Å². The number of aliphatic hydroxyl groups excluding tert-OH is 1. The van der Waals surface area contributed by atoms with Crippen molar-refractivity contribution >= 4 is 10.0 Å². The monoisotopic (exact) mass is 425 g/mol. The molecule has 0 radical (unpaired) electrons. The van der Waals surface area contributed by atoms with Crippen molar-refractivity contribution in [2.45, 2.75) is 30.8 Å². The van der Waals surface area contributed by atoms with Gasteiger partial charge in [-0.15, -0.1) is 0 Å². The largest absolute Gasteiger partial charge is 0.395 e. The lowest BCUT2D eigenvalue weighted by atomic mass is 9.74.